The van der Waals surface area contributed by atoms with Crippen molar-refractivity contribution in [2.75, 3.05) is 5.43 Å². The molecule has 0 aliphatic carbocycles. The van der Waals surface area contributed by atoms with Gasteiger partial charge in [-0.3, -0.25) is 5.84 Å². The van der Waals surface area contributed by atoms with Crippen molar-refractivity contribution < 1.29 is 9.50 Å². The highest BCUT2D eigenvalue weighted by Crippen LogP contribution is 2.17. The van der Waals surface area contributed by atoms with Gasteiger partial charge in [-0.2, -0.15) is 0 Å². The third kappa shape index (κ3) is 2.07. The minimum absolute atomic E-state index is 0. The van der Waals surface area contributed by atoms with E-state index in [-0.39, 0.29) is 24.7 Å². The van der Waals surface area contributed by atoms with Gasteiger partial charge in [-0.15, -0.1) is 12.4 Å². The van der Waals surface area contributed by atoms with Crippen LogP contribution in [0.3, 0.4) is 0 Å². The number of hydrogen-bond donors (Lipinski definition) is 3. The molecule has 1 rings (SSSR count). The zero-order valence-corrected chi connectivity index (χ0v) is 7.07. The molecule has 1 aromatic carbocycles. The zero-order chi connectivity index (χ0) is 8.27. The standard InChI is InChI=1S/C7H9FN2O.ClH/c8-6-3-1-2-5(4-11)7(6)10-9;/h1-3,10-11H,4,9H2;1H. The van der Waals surface area contributed by atoms with E-state index < -0.39 is 5.82 Å². The van der Waals surface area contributed by atoms with E-state index in [9.17, 15) is 4.39 Å². The first-order valence-corrected chi connectivity index (χ1v) is 3.14. The van der Waals surface area contributed by atoms with Crippen LogP contribution < -0.4 is 11.3 Å². The molecule has 4 N–H and O–H groups in total. The molecule has 1 aromatic rings. The maximum atomic E-state index is 12.8. The van der Waals surface area contributed by atoms with E-state index in [1.165, 1.54) is 12.1 Å². The quantitative estimate of drug-likeness (QED) is 0.485. The maximum absolute atomic E-state index is 12.8. The Morgan fingerprint density at radius 1 is 1.50 bits per heavy atom. The number of nitrogens with one attached hydrogen (secondary N) is 1. The van der Waals surface area contributed by atoms with Gasteiger partial charge in [0.25, 0.3) is 0 Å². The zero-order valence-electron chi connectivity index (χ0n) is 6.25. The minimum atomic E-state index is -0.459. The van der Waals surface area contributed by atoms with E-state index in [0.29, 0.717) is 5.56 Å². The second kappa shape index (κ2) is 4.92. The molecule has 0 atom stereocenters. The Morgan fingerprint density at radius 2 is 2.17 bits per heavy atom. The number of benzene rings is 1. The molecule has 0 spiro atoms. The number of hydrogen-bond acceptors (Lipinski definition) is 3. The summed E-state index contributed by atoms with van der Waals surface area (Å²) in [5.41, 5.74) is 2.78. The lowest BCUT2D eigenvalue weighted by Crippen LogP contribution is -2.11. The summed E-state index contributed by atoms with van der Waals surface area (Å²) in [6.45, 7) is -0.225. The van der Waals surface area contributed by atoms with Gasteiger partial charge in [0.2, 0.25) is 0 Å². The fourth-order valence-corrected chi connectivity index (χ4v) is 0.862. The Labute approximate surface area is 75.8 Å². The maximum Gasteiger partial charge on any atom is 0.147 e. The van der Waals surface area contributed by atoms with Crippen molar-refractivity contribution in [3.05, 3.63) is 29.6 Å². The molecule has 0 aliphatic rings. The molecule has 0 aromatic heterocycles. The molecule has 0 heterocycles. The predicted octanol–water partition coefficient (Wildman–Crippen LogP) is 1.03. The summed E-state index contributed by atoms with van der Waals surface area (Å²) < 4.78 is 12.8. The number of hydrazine groups is 1. The van der Waals surface area contributed by atoms with Gasteiger partial charge in [-0.25, -0.2) is 4.39 Å². The molecule has 3 nitrogen and oxygen atoms in total. The van der Waals surface area contributed by atoms with Crippen LogP contribution in [0.1, 0.15) is 5.56 Å². The highest BCUT2D eigenvalue weighted by Gasteiger charge is 2.04. The first-order valence-electron chi connectivity index (χ1n) is 3.14. The molecule has 0 fully saturated rings. The second-order valence-corrected chi connectivity index (χ2v) is 2.08. The van der Waals surface area contributed by atoms with E-state index >= 15 is 0 Å². The van der Waals surface area contributed by atoms with Gasteiger partial charge in [0.15, 0.2) is 0 Å². The number of aliphatic hydroxyl groups is 1. The molecular formula is C7H10ClFN2O. The fraction of sp³-hybridized carbons (Fsp3) is 0.143. The second-order valence-electron chi connectivity index (χ2n) is 2.08. The molecule has 0 unspecified atom stereocenters. The lowest BCUT2D eigenvalue weighted by molar-refractivity contribution is 0.282. The Morgan fingerprint density at radius 3 is 2.58 bits per heavy atom. The van der Waals surface area contributed by atoms with Crippen molar-refractivity contribution in [3.63, 3.8) is 0 Å². The molecule has 0 radical (unpaired) electrons. The normalized spacial score (nSPS) is 8.92. The summed E-state index contributed by atoms with van der Waals surface area (Å²) in [6.07, 6.45) is 0. The van der Waals surface area contributed by atoms with Gasteiger partial charge in [0.1, 0.15) is 5.82 Å². The van der Waals surface area contributed by atoms with Crippen molar-refractivity contribution in [3.8, 4) is 0 Å². The Hall–Kier alpha value is -0.840. The lowest BCUT2D eigenvalue weighted by atomic mass is 10.2. The van der Waals surface area contributed by atoms with E-state index in [0.717, 1.165) is 0 Å². The fourth-order valence-electron chi connectivity index (χ4n) is 0.862. The van der Waals surface area contributed by atoms with Crippen LogP contribution in [0, 0.1) is 5.82 Å². The van der Waals surface area contributed by atoms with Gasteiger partial charge < -0.3 is 10.5 Å². The number of para-hydroxylation sites is 1. The van der Waals surface area contributed by atoms with Gasteiger partial charge in [-0.05, 0) is 6.07 Å². The smallest absolute Gasteiger partial charge is 0.147 e. The summed E-state index contributed by atoms with van der Waals surface area (Å²) in [5, 5.41) is 8.71. The molecule has 0 amide bonds. The van der Waals surface area contributed by atoms with E-state index in [4.69, 9.17) is 10.9 Å². The van der Waals surface area contributed by atoms with Gasteiger partial charge in [0, 0.05) is 5.56 Å². The van der Waals surface area contributed by atoms with Crippen molar-refractivity contribution in [2.24, 2.45) is 5.84 Å². The number of nitrogen functional groups attached to an aromatic ring is 1. The van der Waals surface area contributed by atoms with Gasteiger partial charge in [-0.1, -0.05) is 12.1 Å². The van der Waals surface area contributed by atoms with Crippen LogP contribution in [-0.4, -0.2) is 5.11 Å². The van der Waals surface area contributed by atoms with Crippen LogP contribution in [0.5, 0.6) is 0 Å². The summed E-state index contributed by atoms with van der Waals surface area (Å²) in [7, 11) is 0. The topological polar surface area (TPSA) is 58.3 Å². The van der Waals surface area contributed by atoms with Crippen LogP contribution in [-0.2, 0) is 6.61 Å². The SMILES string of the molecule is Cl.NNc1c(F)cccc1CO. The highest BCUT2D eigenvalue weighted by atomic mass is 35.5. The van der Waals surface area contributed by atoms with E-state index in [1.54, 1.807) is 6.07 Å². The summed E-state index contributed by atoms with van der Waals surface area (Å²) >= 11 is 0. The summed E-state index contributed by atoms with van der Waals surface area (Å²) in [5.74, 6) is 4.57. The Bertz CT molecular complexity index is 257. The third-order valence-electron chi connectivity index (χ3n) is 1.41. The number of aliphatic hydroxyl groups excluding tert-OH is 1. The molecule has 0 saturated heterocycles. The molecule has 5 heteroatoms. The van der Waals surface area contributed by atoms with Crippen LogP contribution in [0.15, 0.2) is 18.2 Å². The average molecular weight is 193 g/mol. The van der Waals surface area contributed by atoms with Crippen molar-refractivity contribution in [1.29, 1.82) is 0 Å². The van der Waals surface area contributed by atoms with Crippen molar-refractivity contribution in [1.82, 2.24) is 0 Å². The number of rotatable bonds is 2. The number of halogens is 2. The predicted molar refractivity (Wildman–Crippen MR) is 47.4 cm³/mol. The largest absolute Gasteiger partial charge is 0.392 e. The van der Waals surface area contributed by atoms with Gasteiger partial charge >= 0.3 is 0 Å². The van der Waals surface area contributed by atoms with E-state index in [1.807, 2.05) is 0 Å². The summed E-state index contributed by atoms with van der Waals surface area (Å²) in [6, 6.07) is 4.38. The number of anilines is 1. The average Bonchev–Trinajstić information content (AvgIpc) is 2.04. The molecule has 0 saturated carbocycles. The molecule has 12 heavy (non-hydrogen) atoms. The summed E-state index contributed by atoms with van der Waals surface area (Å²) in [4.78, 5) is 0. The Balaban J connectivity index is 0.00000121. The van der Waals surface area contributed by atoms with Crippen LogP contribution >= 0.6 is 12.4 Å². The third-order valence-corrected chi connectivity index (χ3v) is 1.41. The Kier molecular flexibility index (Phi) is 4.58. The first kappa shape index (κ1) is 11.2. The molecule has 0 aliphatic heterocycles. The first-order chi connectivity index (χ1) is 5.29. The minimum Gasteiger partial charge on any atom is -0.392 e. The van der Waals surface area contributed by atoms with Crippen LogP contribution in [0.4, 0.5) is 10.1 Å². The number of nitrogens with two attached hydrogens (primary N) is 1. The van der Waals surface area contributed by atoms with E-state index in [2.05, 4.69) is 5.43 Å². The highest BCUT2D eigenvalue weighted by molar-refractivity contribution is 5.85. The van der Waals surface area contributed by atoms with Crippen LogP contribution in [0.25, 0.3) is 0 Å². The molecule has 68 valence electrons. The lowest BCUT2D eigenvalue weighted by Gasteiger charge is -2.05. The molecular weight excluding hydrogens is 183 g/mol. The molecule has 0 bridgehead atoms. The van der Waals surface area contributed by atoms with Gasteiger partial charge in [0.05, 0.1) is 12.3 Å². The van der Waals surface area contributed by atoms with Crippen molar-refractivity contribution in [2.45, 2.75) is 6.61 Å². The van der Waals surface area contributed by atoms with Crippen molar-refractivity contribution >= 4 is 18.1 Å². The monoisotopic (exact) mass is 192 g/mol. The van der Waals surface area contributed by atoms with Crippen LogP contribution in [0.2, 0.25) is 0 Å².